The molecule has 0 saturated carbocycles. The van der Waals surface area contributed by atoms with E-state index in [4.69, 9.17) is 0 Å². The molecule has 2 heterocycles. The Morgan fingerprint density at radius 1 is 1.29 bits per heavy atom. The number of aromatic nitrogens is 2. The van der Waals surface area contributed by atoms with Gasteiger partial charge >= 0.3 is 6.03 Å². The van der Waals surface area contributed by atoms with Crippen molar-refractivity contribution in [2.75, 3.05) is 0 Å². The van der Waals surface area contributed by atoms with Crippen molar-refractivity contribution in [1.82, 2.24) is 25.5 Å². The Kier molecular flexibility index (Phi) is 4.28. The number of hydrogen-bond acceptors (Lipinski definition) is 4. The van der Waals surface area contributed by atoms with Gasteiger partial charge in [-0.05, 0) is 24.6 Å². The molecule has 3 N–H and O–H groups in total. The fourth-order valence-corrected chi connectivity index (χ4v) is 2.49. The van der Waals surface area contributed by atoms with Crippen LogP contribution in [0.15, 0.2) is 36.7 Å². The van der Waals surface area contributed by atoms with Gasteiger partial charge in [-0.1, -0.05) is 12.1 Å². The van der Waals surface area contributed by atoms with Crippen LogP contribution >= 0.6 is 0 Å². The number of amides is 4. The van der Waals surface area contributed by atoms with Crippen molar-refractivity contribution in [1.29, 1.82) is 0 Å². The molecule has 8 nitrogen and oxygen atoms in total. The van der Waals surface area contributed by atoms with Crippen molar-refractivity contribution in [3.8, 4) is 5.69 Å². The highest BCUT2D eigenvalue weighted by Gasteiger charge is 2.31. The van der Waals surface area contributed by atoms with E-state index in [1.807, 2.05) is 42.0 Å². The highest BCUT2D eigenvalue weighted by molar-refractivity contribution is 6.05. The number of rotatable bonds is 5. The van der Waals surface area contributed by atoms with Crippen LogP contribution in [-0.4, -0.2) is 33.4 Å². The summed E-state index contributed by atoms with van der Waals surface area (Å²) in [5, 5.41) is 7.22. The third-order valence-electron chi connectivity index (χ3n) is 3.78. The molecule has 1 aromatic carbocycles. The van der Waals surface area contributed by atoms with Gasteiger partial charge < -0.3 is 15.2 Å². The van der Waals surface area contributed by atoms with Gasteiger partial charge in [-0.25, -0.2) is 9.78 Å². The lowest BCUT2D eigenvalue weighted by molar-refractivity contribution is -0.126. The van der Waals surface area contributed by atoms with Crippen molar-refractivity contribution < 1.29 is 14.4 Å². The lowest BCUT2D eigenvalue weighted by Gasteiger charge is -2.10. The topological polar surface area (TPSA) is 105 Å². The molecule has 1 aromatic heterocycles. The second-order valence-electron chi connectivity index (χ2n) is 5.51. The van der Waals surface area contributed by atoms with E-state index >= 15 is 0 Å². The molecule has 1 aliphatic heterocycles. The van der Waals surface area contributed by atoms with Gasteiger partial charge in [-0.15, -0.1) is 0 Å². The molecule has 124 valence electrons. The molecule has 0 spiro atoms. The van der Waals surface area contributed by atoms with Crippen molar-refractivity contribution in [3.05, 3.63) is 48.0 Å². The van der Waals surface area contributed by atoms with Gasteiger partial charge in [-0.3, -0.25) is 14.9 Å². The molecular formula is C16H17N5O3. The van der Waals surface area contributed by atoms with Crippen LogP contribution < -0.4 is 16.0 Å². The molecule has 8 heteroatoms. The van der Waals surface area contributed by atoms with Gasteiger partial charge in [0, 0.05) is 24.6 Å². The Balaban J connectivity index is 1.53. The zero-order valence-electron chi connectivity index (χ0n) is 13.1. The van der Waals surface area contributed by atoms with E-state index in [9.17, 15) is 14.4 Å². The van der Waals surface area contributed by atoms with Crippen molar-refractivity contribution in [3.63, 3.8) is 0 Å². The number of imide groups is 1. The molecule has 0 radical (unpaired) electrons. The molecule has 0 aliphatic carbocycles. The zero-order chi connectivity index (χ0) is 17.1. The Morgan fingerprint density at radius 2 is 2.04 bits per heavy atom. The summed E-state index contributed by atoms with van der Waals surface area (Å²) in [6, 6.07) is 6.35. The minimum absolute atomic E-state index is 0.0795. The van der Waals surface area contributed by atoms with Gasteiger partial charge in [0.2, 0.25) is 5.91 Å². The molecule has 3 rings (SSSR count). The maximum Gasteiger partial charge on any atom is 0.322 e. The average molecular weight is 327 g/mol. The molecule has 1 saturated heterocycles. The first kappa shape index (κ1) is 15.7. The Labute approximate surface area is 138 Å². The average Bonchev–Trinajstić information content (AvgIpc) is 3.11. The van der Waals surface area contributed by atoms with Gasteiger partial charge in [0.1, 0.15) is 11.9 Å². The minimum Gasteiger partial charge on any atom is -0.352 e. The largest absolute Gasteiger partial charge is 0.352 e. The SMILES string of the molecule is Cc1nccn1-c1ccc(CNC(=O)CC2NC(=O)NC2=O)cc1. The summed E-state index contributed by atoms with van der Waals surface area (Å²) in [5.41, 5.74) is 1.93. The first-order valence-corrected chi connectivity index (χ1v) is 7.50. The second kappa shape index (κ2) is 6.53. The Morgan fingerprint density at radius 3 is 2.62 bits per heavy atom. The van der Waals surface area contributed by atoms with Crippen LogP contribution in [0.2, 0.25) is 0 Å². The number of benzene rings is 1. The number of nitrogens with zero attached hydrogens (tertiary/aromatic N) is 2. The molecule has 1 atom stereocenters. The third-order valence-corrected chi connectivity index (χ3v) is 3.78. The lowest BCUT2D eigenvalue weighted by Crippen LogP contribution is -2.36. The van der Waals surface area contributed by atoms with Gasteiger partial charge in [-0.2, -0.15) is 0 Å². The Hall–Kier alpha value is -3.16. The first-order valence-electron chi connectivity index (χ1n) is 7.50. The minimum atomic E-state index is -0.802. The number of hydrogen-bond donors (Lipinski definition) is 3. The smallest absolute Gasteiger partial charge is 0.322 e. The summed E-state index contributed by atoms with van der Waals surface area (Å²) in [4.78, 5) is 38.4. The summed E-state index contributed by atoms with van der Waals surface area (Å²) >= 11 is 0. The molecular weight excluding hydrogens is 310 g/mol. The number of carbonyl (C=O) groups excluding carboxylic acids is 3. The summed E-state index contributed by atoms with van der Waals surface area (Å²) < 4.78 is 1.96. The maximum atomic E-state index is 11.9. The van der Waals surface area contributed by atoms with Crippen LogP contribution in [0.4, 0.5) is 4.79 Å². The predicted octanol–water partition coefficient (Wildman–Crippen LogP) is 0.395. The van der Waals surface area contributed by atoms with Crippen LogP contribution in [0.3, 0.4) is 0 Å². The fourth-order valence-electron chi connectivity index (χ4n) is 2.49. The van der Waals surface area contributed by atoms with E-state index in [2.05, 4.69) is 20.9 Å². The third kappa shape index (κ3) is 3.43. The van der Waals surface area contributed by atoms with E-state index in [-0.39, 0.29) is 12.3 Å². The number of nitrogens with one attached hydrogen (secondary N) is 3. The second-order valence-corrected chi connectivity index (χ2v) is 5.51. The van der Waals surface area contributed by atoms with Crippen molar-refractivity contribution in [2.24, 2.45) is 0 Å². The molecule has 0 bridgehead atoms. The first-order chi connectivity index (χ1) is 11.5. The van der Waals surface area contributed by atoms with E-state index in [1.54, 1.807) is 6.20 Å². The summed E-state index contributed by atoms with van der Waals surface area (Å²) in [7, 11) is 0. The number of carbonyl (C=O) groups is 3. The molecule has 1 fully saturated rings. The monoisotopic (exact) mass is 327 g/mol. The quantitative estimate of drug-likeness (QED) is 0.691. The number of aryl methyl sites for hydroxylation is 1. The van der Waals surface area contributed by atoms with Crippen molar-refractivity contribution in [2.45, 2.75) is 25.9 Å². The summed E-state index contributed by atoms with van der Waals surface area (Å²) in [5.74, 6) is 0.120. The van der Waals surface area contributed by atoms with Gasteiger partial charge in [0.25, 0.3) is 5.91 Å². The normalized spacial score (nSPS) is 16.6. The van der Waals surface area contributed by atoms with Gasteiger partial charge in [0.05, 0.1) is 6.42 Å². The van der Waals surface area contributed by atoms with E-state index in [1.165, 1.54) is 0 Å². The van der Waals surface area contributed by atoms with Crippen molar-refractivity contribution >= 4 is 17.8 Å². The van der Waals surface area contributed by atoms with Crippen LogP contribution in [0, 0.1) is 6.92 Å². The van der Waals surface area contributed by atoms with E-state index in [0.717, 1.165) is 17.1 Å². The van der Waals surface area contributed by atoms with Crippen LogP contribution in [0.5, 0.6) is 0 Å². The molecule has 4 amide bonds. The fraction of sp³-hybridized carbons (Fsp3) is 0.250. The summed E-state index contributed by atoms with van der Waals surface area (Å²) in [6.45, 7) is 2.27. The number of imidazole rings is 1. The standard InChI is InChI=1S/C16H17N5O3/c1-10-17-6-7-21(10)12-4-2-11(3-5-12)9-18-14(22)8-13-15(23)20-16(24)19-13/h2-7,13H,8-9H2,1H3,(H,18,22)(H2,19,20,23,24). The zero-order valence-corrected chi connectivity index (χ0v) is 13.1. The summed E-state index contributed by atoms with van der Waals surface area (Å²) in [6.07, 6.45) is 3.54. The molecule has 24 heavy (non-hydrogen) atoms. The van der Waals surface area contributed by atoms with Gasteiger partial charge in [0.15, 0.2) is 0 Å². The number of urea groups is 1. The molecule has 1 aliphatic rings. The molecule has 1 unspecified atom stereocenters. The van der Waals surface area contributed by atoms with Crippen LogP contribution in [0.1, 0.15) is 17.8 Å². The van der Waals surface area contributed by atoms with Crippen LogP contribution in [-0.2, 0) is 16.1 Å². The Bertz CT molecular complexity index is 781. The van der Waals surface area contributed by atoms with E-state index in [0.29, 0.717) is 6.54 Å². The highest BCUT2D eigenvalue weighted by Crippen LogP contribution is 2.11. The van der Waals surface area contributed by atoms with Crippen LogP contribution in [0.25, 0.3) is 5.69 Å². The highest BCUT2D eigenvalue weighted by atomic mass is 16.2. The molecule has 2 aromatic rings. The predicted molar refractivity (Wildman–Crippen MR) is 85.2 cm³/mol. The lowest BCUT2D eigenvalue weighted by atomic mass is 10.1. The maximum absolute atomic E-state index is 11.9. The van der Waals surface area contributed by atoms with E-state index < -0.39 is 18.0 Å².